The normalized spacial score (nSPS) is 22.0. The number of ether oxygens (including phenoxy) is 1. The molecule has 0 aliphatic carbocycles. The van der Waals surface area contributed by atoms with E-state index >= 15 is 0 Å². The fourth-order valence-electron chi connectivity index (χ4n) is 2.56. The fraction of sp³-hybridized carbons (Fsp3) is 0.625. The molecule has 6 nitrogen and oxygen atoms in total. The number of carbonyl (C=O) groups is 1. The number of nitrogens with zero attached hydrogens (tertiary/aromatic N) is 2. The summed E-state index contributed by atoms with van der Waals surface area (Å²) in [4.78, 5) is 18.0. The molecule has 1 amide bonds. The van der Waals surface area contributed by atoms with Crippen LogP contribution in [0, 0.1) is 5.82 Å². The van der Waals surface area contributed by atoms with E-state index < -0.39 is 17.0 Å². The summed E-state index contributed by atoms with van der Waals surface area (Å²) in [5.41, 5.74) is -1.99. The Morgan fingerprint density at radius 2 is 2.30 bits per heavy atom. The minimum Gasteiger partial charge on any atom is -0.386 e. The maximum Gasteiger partial charge on any atom is 0.251 e. The zero-order chi connectivity index (χ0) is 17.1. The Labute approximate surface area is 135 Å². The van der Waals surface area contributed by atoms with Crippen molar-refractivity contribution in [3.63, 3.8) is 0 Å². The van der Waals surface area contributed by atoms with Crippen LogP contribution >= 0.6 is 0 Å². The molecule has 0 unspecified atom stereocenters. The number of aliphatic hydroxyl groups is 1. The molecule has 1 aliphatic heterocycles. The van der Waals surface area contributed by atoms with Gasteiger partial charge in [0.2, 0.25) is 0 Å². The number of amides is 1. The molecule has 0 bridgehead atoms. The zero-order valence-electron chi connectivity index (χ0n) is 13.8. The van der Waals surface area contributed by atoms with Crippen molar-refractivity contribution in [2.75, 3.05) is 31.6 Å². The van der Waals surface area contributed by atoms with Crippen molar-refractivity contribution in [1.82, 2.24) is 10.3 Å². The lowest BCUT2D eigenvalue weighted by molar-refractivity contribution is -0.140. The topological polar surface area (TPSA) is 74.7 Å². The van der Waals surface area contributed by atoms with E-state index in [9.17, 15) is 14.3 Å². The smallest absolute Gasteiger partial charge is 0.251 e. The van der Waals surface area contributed by atoms with Crippen molar-refractivity contribution in [3.05, 3.63) is 24.1 Å². The summed E-state index contributed by atoms with van der Waals surface area (Å²) < 4.78 is 18.1. The average molecular weight is 325 g/mol. The first-order chi connectivity index (χ1) is 10.8. The van der Waals surface area contributed by atoms with Crippen molar-refractivity contribution < 1.29 is 19.0 Å². The molecule has 0 spiro atoms. The molecule has 7 heteroatoms. The molecule has 1 aromatic heterocycles. The highest BCUT2D eigenvalue weighted by molar-refractivity contribution is 5.84. The molecule has 23 heavy (non-hydrogen) atoms. The number of methoxy groups -OCH3 is 1. The van der Waals surface area contributed by atoms with Crippen molar-refractivity contribution in [3.8, 4) is 0 Å². The zero-order valence-corrected chi connectivity index (χ0v) is 13.8. The average Bonchev–Trinajstić information content (AvgIpc) is 2.53. The Kier molecular flexibility index (Phi) is 5.21. The molecule has 1 saturated heterocycles. The van der Waals surface area contributed by atoms with Gasteiger partial charge in [0.1, 0.15) is 17.2 Å². The third-order valence-corrected chi connectivity index (χ3v) is 4.23. The quantitative estimate of drug-likeness (QED) is 0.848. The Morgan fingerprint density at radius 1 is 1.57 bits per heavy atom. The second-order valence-corrected chi connectivity index (χ2v) is 6.48. The summed E-state index contributed by atoms with van der Waals surface area (Å²) >= 11 is 0. The molecular weight excluding hydrogens is 301 g/mol. The van der Waals surface area contributed by atoms with E-state index in [0.717, 1.165) is 19.2 Å². The Morgan fingerprint density at radius 3 is 2.91 bits per heavy atom. The Balaban J connectivity index is 1.98. The molecule has 2 rings (SSSR count). The van der Waals surface area contributed by atoms with E-state index in [-0.39, 0.29) is 12.5 Å². The maximum atomic E-state index is 13.0. The predicted molar refractivity (Wildman–Crippen MR) is 84.7 cm³/mol. The van der Waals surface area contributed by atoms with E-state index in [2.05, 4.69) is 10.3 Å². The van der Waals surface area contributed by atoms with E-state index in [1.54, 1.807) is 19.9 Å². The van der Waals surface area contributed by atoms with Gasteiger partial charge in [0, 0.05) is 26.7 Å². The first kappa shape index (κ1) is 17.6. The van der Waals surface area contributed by atoms with Gasteiger partial charge in [-0.2, -0.15) is 0 Å². The summed E-state index contributed by atoms with van der Waals surface area (Å²) in [5.74, 6) is -0.0476. The third-order valence-electron chi connectivity index (χ3n) is 4.23. The monoisotopic (exact) mass is 325 g/mol. The van der Waals surface area contributed by atoms with Gasteiger partial charge in [0.15, 0.2) is 0 Å². The Bertz CT molecular complexity index is 550. The van der Waals surface area contributed by atoms with Gasteiger partial charge in [0.05, 0.1) is 11.8 Å². The third kappa shape index (κ3) is 4.39. The minimum atomic E-state index is -1.05. The van der Waals surface area contributed by atoms with Crippen LogP contribution in [0.15, 0.2) is 18.3 Å². The lowest BCUT2D eigenvalue weighted by Gasteiger charge is -2.40. The number of pyridine rings is 1. The second kappa shape index (κ2) is 6.80. The fourth-order valence-corrected chi connectivity index (χ4v) is 2.56. The van der Waals surface area contributed by atoms with Crippen molar-refractivity contribution in [2.45, 2.75) is 37.9 Å². The highest BCUT2D eigenvalue weighted by Gasteiger charge is 2.36. The van der Waals surface area contributed by atoms with Gasteiger partial charge in [-0.05, 0) is 38.8 Å². The molecule has 2 N–H and O–H groups in total. The number of anilines is 1. The van der Waals surface area contributed by atoms with Crippen LogP contribution < -0.4 is 10.2 Å². The molecule has 1 aliphatic rings. The number of piperidine rings is 1. The van der Waals surface area contributed by atoms with Gasteiger partial charge >= 0.3 is 0 Å². The van der Waals surface area contributed by atoms with Gasteiger partial charge in [-0.25, -0.2) is 9.37 Å². The van der Waals surface area contributed by atoms with Gasteiger partial charge in [-0.1, -0.05) is 0 Å². The van der Waals surface area contributed by atoms with Crippen LogP contribution in [0.1, 0.15) is 26.7 Å². The number of halogens is 1. The van der Waals surface area contributed by atoms with E-state index in [1.165, 1.54) is 13.2 Å². The number of nitrogens with one attached hydrogen (secondary N) is 1. The molecule has 1 atom stereocenters. The molecule has 0 radical (unpaired) electrons. The second-order valence-electron chi connectivity index (χ2n) is 6.48. The van der Waals surface area contributed by atoms with Gasteiger partial charge in [0.25, 0.3) is 5.91 Å². The van der Waals surface area contributed by atoms with E-state index in [0.29, 0.717) is 18.8 Å². The summed E-state index contributed by atoms with van der Waals surface area (Å²) in [5, 5.41) is 13.5. The number of aromatic nitrogens is 1. The number of hydrogen-bond donors (Lipinski definition) is 2. The van der Waals surface area contributed by atoms with Crippen molar-refractivity contribution >= 4 is 11.7 Å². The number of hydrogen-bond acceptors (Lipinski definition) is 5. The molecule has 1 aromatic rings. The number of rotatable bonds is 5. The minimum absolute atomic E-state index is 0.135. The van der Waals surface area contributed by atoms with Crippen LogP contribution in [0.4, 0.5) is 10.2 Å². The van der Waals surface area contributed by atoms with Gasteiger partial charge in [-0.15, -0.1) is 0 Å². The van der Waals surface area contributed by atoms with Crippen LogP contribution in [-0.4, -0.2) is 53.9 Å². The van der Waals surface area contributed by atoms with Crippen LogP contribution in [0.2, 0.25) is 0 Å². The highest BCUT2D eigenvalue weighted by atomic mass is 19.1. The van der Waals surface area contributed by atoms with Crippen molar-refractivity contribution in [1.29, 1.82) is 0 Å². The summed E-state index contributed by atoms with van der Waals surface area (Å²) in [6, 6.07) is 2.94. The van der Waals surface area contributed by atoms with Gasteiger partial charge in [-0.3, -0.25) is 4.79 Å². The summed E-state index contributed by atoms with van der Waals surface area (Å²) in [7, 11) is 1.47. The largest absolute Gasteiger partial charge is 0.386 e. The predicted octanol–water partition coefficient (Wildman–Crippen LogP) is 1.09. The SMILES string of the molecule is COC(C)(C)C(=O)NC[C@]1(O)CCCN(c2ccc(F)cn2)C1. The molecule has 1 fully saturated rings. The van der Waals surface area contributed by atoms with Gasteiger partial charge < -0.3 is 20.1 Å². The van der Waals surface area contributed by atoms with Crippen molar-refractivity contribution in [2.24, 2.45) is 0 Å². The van der Waals surface area contributed by atoms with Crippen LogP contribution in [0.5, 0.6) is 0 Å². The first-order valence-corrected chi connectivity index (χ1v) is 7.68. The van der Waals surface area contributed by atoms with Crippen LogP contribution in [0.25, 0.3) is 0 Å². The number of β-amino-alcohol motifs (C(OH)–C–C–N with tert-alkyl or cyclic N) is 1. The lowest BCUT2D eigenvalue weighted by atomic mass is 9.92. The van der Waals surface area contributed by atoms with Crippen LogP contribution in [0.3, 0.4) is 0 Å². The summed E-state index contributed by atoms with van der Waals surface area (Å²) in [6.45, 7) is 4.54. The highest BCUT2D eigenvalue weighted by Crippen LogP contribution is 2.24. The lowest BCUT2D eigenvalue weighted by Crippen LogP contribution is -2.56. The first-order valence-electron chi connectivity index (χ1n) is 7.68. The molecule has 2 heterocycles. The standard InChI is InChI=1S/C16H24FN3O3/c1-15(2,23-3)14(21)19-10-16(22)7-4-8-20(11-16)13-6-5-12(17)9-18-13/h5-6,9,22H,4,7-8,10-11H2,1-3H3,(H,19,21)/t16-/m1/s1. The molecular formula is C16H24FN3O3. The molecule has 0 saturated carbocycles. The Hall–Kier alpha value is -1.73. The molecule has 128 valence electrons. The van der Waals surface area contributed by atoms with Crippen LogP contribution in [-0.2, 0) is 9.53 Å². The number of carbonyl (C=O) groups excluding carboxylic acids is 1. The van der Waals surface area contributed by atoms with E-state index in [4.69, 9.17) is 4.74 Å². The molecule has 0 aromatic carbocycles. The van der Waals surface area contributed by atoms with E-state index in [1.807, 2.05) is 4.90 Å². The summed E-state index contributed by atoms with van der Waals surface area (Å²) in [6.07, 6.45) is 2.50. The maximum absolute atomic E-state index is 13.0.